The van der Waals surface area contributed by atoms with Crippen molar-refractivity contribution in [2.24, 2.45) is 0 Å². The Labute approximate surface area is 149 Å². The number of thiophene rings is 1. The van der Waals surface area contributed by atoms with E-state index < -0.39 is 22.0 Å². The van der Waals surface area contributed by atoms with Crippen LogP contribution in [0.15, 0.2) is 46.7 Å². The maximum atomic E-state index is 12.3. The Hall–Kier alpha value is -2.70. The van der Waals surface area contributed by atoms with E-state index in [0.29, 0.717) is 0 Å². The summed E-state index contributed by atoms with van der Waals surface area (Å²) in [4.78, 5) is 24.1. The van der Waals surface area contributed by atoms with Gasteiger partial charge >= 0.3 is 0 Å². The van der Waals surface area contributed by atoms with Crippen molar-refractivity contribution in [3.8, 4) is 6.07 Å². The van der Waals surface area contributed by atoms with Crippen LogP contribution in [0.3, 0.4) is 0 Å². The molecule has 25 heavy (non-hydrogen) atoms. The SMILES string of the molecule is CC(=O)N[C@@H](CC(=O)NS(=O)(=O)c1cccc(C#N)c1)c1cccs1. The van der Waals surface area contributed by atoms with Crippen molar-refractivity contribution in [2.75, 3.05) is 0 Å². The zero-order valence-electron chi connectivity index (χ0n) is 13.2. The first kappa shape index (κ1) is 18.6. The number of nitrogens with zero attached hydrogens (tertiary/aromatic N) is 1. The Balaban J connectivity index is 2.14. The number of nitriles is 1. The predicted octanol–water partition coefficient (Wildman–Crippen LogP) is 1.69. The van der Waals surface area contributed by atoms with Gasteiger partial charge in [-0.15, -0.1) is 11.3 Å². The lowest BCUT2D eigenvalue weighted by Crippen LogP contribution is -2.35. The van der Waals surface area contributed by atoms with Gasteiger partial charge in [0.25, 0.3) is 10.0 Å². The van der Waals surface area contributed by atoms with E-state index in [1.54, 1.807) is 17.5 Å². The van der Waals surface area contributed by atoms with Gasteiger partial charge in [-0.25, -0.2) is 13.1 Å². The summed E-state index contributed by atoms with van der Waals surface area (Å²) in [6, 6.07) is 10.1. The molecule has 2 amide bonds. The van der Waals surface area contributed by atoms with Gasteiger partial charge in [-0.1, -0.05) is 12.1 Å². The Kier molecular flexibility index (Phi) is 5.90. The molecule has 0 bridgehead atoms. The summed E-state index contributed by atoms with van der Waals surface area (Å²) >= 11 is 1.35. The second-order valence-corrected chi connectivity index (χ2v) is 7.80. The molecule has 0 aliphatic heterocycles. The largest absolute Gasteiger partial charge is 0.348 e. The molecule has 0 saturated carbocycles. The van der Waals surface area contributed by atoms with Crippen LogP contribution in [-0.2, 0) is 19.6 Å². The number of hydrogen-bond acceptors (Lipinski definition) is 6. The van der Waals surface area contributed by atoms with Crippen LogP contribution in [-0.4, -0.2) is 20.2 Å². The van der Waals surface area contributed by atoms with E-state index in [1.165, 1.54) is 42.5 Å². The quantitative estimate of drug-likeness (QED) is 0.795. The molecule has 0 radical (unpaired) electrons. The molecule has 1 aromatic carbocycles. The van der Waals surface area contributed by atoms with E-state index in [9.17, 15) is 18.0 Å². The van der Waals surface area contributed by atoms with E-state index in [2.05, 4.69) is 5.32 Å². The van der Waals surface area contributed by atoms with Crippen molar-refractivity contribution in [3.05, 3.63) is 52.2 Å². The third-order valence-corrected chi connectivity index (χ3v) is 5.53. The second kappa shape index (κ2) is 7.92. The summed E-state index contributed by atoms with van der Waals surface area (Å²) in [5, 5.41) is 13.3. The number of amides is 2. The molecule has 0 saturated heterocycles. The summed E-state index contributed by atoms with van der Waals surface area (Å²) in [5.41, 5.74) is 0.171. The lowest BCUT2D eigenvalue weighted by Gasteiger charge is -2.16. The average molecular weight is 377 g/mol. The highest BCUT2D eigenvalue weighted by atomic mass is 32.2. The Bertz CT molecular complexity index is 915. The van der Waals surface area contributed by atoms with Gasteiger partial charge in [-0.2, -0.15) is 5.26 Å². The van der Waals surface area contributed by atoms with E-state index in [0.717, 1.165) is 4.88 Å². The van der Waals surface area contributed by atoms with Gasteiger partial charge in [0, 0.05) is 11.8 Å². The van der Waals surface area contributed by atoms with Gasteiger partial charge in [0.15, 0.2) is 0 Å². The van der Waals surface area contributed by atoms with Crippen LogP contribution in [0.1, 0.15) is 29.8 Å². The summed E-state index contributed by atoms with van der Waals surface area (Å²) in [5.74, 6) is -1.08. The summed E-state index contributed by atoms with van der Waals surface area (Å²) < 4.78 is 26.5. The van der Waals surface area contributed by atoms with E-state index >= 15 is 0 Å². The first-order valence-electron chi connectivity index (χ1n) is 7.18. The summed E-state index contributed by atoms with van der Waals surface area (Å²) in [6.45, 7) is 1.32. The minimum Gasteiger partial charge on any atom is -0.348 e. The van der Waals surface area contributed by atoms with Crippen molar-refractivity contribution in [3.63, 3.8) is 0 Å². The molecule has 2 rings (SSSR count). The fourth-order valence-electron chi connectivity index (χ4n) is 2.13. The van der Waals surface area contributed by atoms with Crippen molar-refractivity contribution in [1.82, 2.24) is 10.0 Å². The second-order valence-electron chi connectivity index (χ2n) is 5.14. The van der Waals surface area contributed by atoms with Gasteiger partial charge in [0.2, 0.25) is 11.8 Å². The summed E-state index contributed by atoms with van der Waals surface area (Å²) in [6.07, 6.45) is -0.225. The molecule has 0 fully saturated rings. The first-order valence-corrected chi connectivity index (χ1v) is 9.54. The third-order valence-electron chi connectivity index (χ3n) is 3.18. The zero-order valence-corrected chi connectivity index (χ0v) is 14.9. The number of hydrogen-bond donors (Lipinski definition) is 2. The lowest BCUT2D eigenvalue weighted by molar-refractivity contribution is -0.121. The lowest BCUT2D eigenvalue weighted by atomic mass is 10.1. The highest BCUT2D eigenvalue weighted by molar-refractivity contribution is 7.90. The number of rotatable bonds is 6. The summed E-state index contributed by atoms with van der Waals surface area (Å²) in [7, 11) is -4.09. The monoisotopic (exact) mass is 377 g/mol. The smallest absolute Gasteiger partial charge is 0.264 e. The van der Waals surface area contributed by atoms with Crippen LogP contribution < -0.4 is 10.0 Å². The van der Waals surface area contributed by atoms with Crippen molar-refractivity contribution < 1.29 is 18.0 Å². The number of carbonyl (C=O) groups excluding carboxylic acids is 2. The Morgan fingerprint density at radius 2 is 2.04 bits per heavy atom. The maximum Gasteiger partial charge on any atom is 0.264 e. The van der Waals surface area contributed by atoms with E-state index in [1.807, 2.05) is 10.8 Å². The molecule has 0 aliphatic rings. The van der Waals surface area contributed by atoms with Crippen LogP contribution in [0, 0.1) is 11.3 Å². The molecule has 1 aromatic heterocycles. The predicted molar refractivity (Wildman–Crippen MR) is 92.0 cm³/mol. The Morgan fingerprint density at radius 3 is 2.64 bits per heavy atom. The zero-order chi connectivity index (χ0) is 18.4. The average Bonchev–Trinajstić information content (AvgIpc) is 3.08. The highest BCUT2D eigenvalue weighted by Gasteiger charge is 2.23. The minimum atomic E-state index is -4.09. The molecule has 7 nitrogen and oxygen atoms in total. The van der Waals surface area contributed by atoms with Gasteiger partial charge in [-0.05, 0) is 29.6 Å². The van der Waals surface area contributed by atoms with Gasteiger partial charge < -0.3 is 5.32 Å². The molecule has 9 heteroatoms. The van der Waals surface area contributed by atoms with Crippen molar-refractivity contribution >= 4 is 33.2 Å². The van der Waals surface area contributed by atoms with Crippen LogP contribution in [0.4, 0.5) is 0 Å². The van der Waals surface area contributed by atoms with Gasteiger partial charge in [-0.3, -0.25) is 9.59 Å². The van der Waals surface area contributed by atoms with Crippen LogP contribution in [0.25, 0.3) is 0 Å². The minimum absolute atomic E-state index is 0.171. The Morgan fingerprint density at radius 1 is 1.28 bits per heavy atom. The fourth-order valence-corrected chi connectivity index (χ4v) is 3.94. The van der Waals surface area contributed by atoms with Gasteiger partial charge in [0.05, 0.1) is 29.0 Å². The van der Waals surface area contributed by atoms with Gasteiger partial charge in [0.1, 0.15) is 0 Å². The fraction of sp³-hybridized carbons (Fsp3) is 0.188. The maximum absolute atomic E-state index is 12.3. The third kappa shape index (κ3) is 5.14. The van der Waals surface area contributed by atoms with Crippen LogP contribution in [0.2, 0.25) is 0 Å². The molecular weight excluding hydrogens is 362 g/mol. The van der Waals surface area contributed by atoms with E-state index in [4.69, 9.17) is 5.26 Å². The van der Waals surface area contributed by atoms with Crippen LogP contribution >= 0.6 is 11.3 Å². The molecule has 0 aliphatic carbocycles. The van der Waals surface area contributed by atoms with Crippen molar-refractivity contribution in [2.45, 2.75) is 24.3 Å². The molecule has 2 aromatic rings. The number of benzene rings is 1. The molecule has 0 unspecified atom stereocenters. The normalized spacial score (nSPS) is 12.0. The van der Waals surface area contributed by atoms with Crippen LogP contribution in [0.5, 0.6) is 0 Å². The number of nitrogens with one attached hydrogen (secondary N) is 2. The molecular formula is C16H15N3O4S2. The molecule has 1 heterocycles. The molecule has 2 N–H and O–H groups in total. The molecule has 1 atom stereocenters. The number of carbonyl (C=O) groups is 2. The highest BCUT2D eigenvalue weighted by Crippen LogP contribution is 2.22. The topological polar surface area (TPSA) is 116 Å². The first-order chi connectivity index (χ1) is 11.8. The molecule has 130 valence electrons. The van der Waals surface area contributed by atoms with Crippen molar-refractivity contribution in [1.29, 1.82) is 5.26 Å². The van der Waals surface area contributed by atoms with E-state index in [-0.39, 0.29) is 22.8 Å². The number of sulfonamides is 1. The standard InChI is InChI=1S/C16H15N3O4S2/c1-11(20)18-14(15-6-3-7-24-15)9-16(21)19-25(22,23)13-5-2-4-12(8-13)10-17/h2-8,14H,9H2,1H3,(H,18,20)(H,19,21)/t14-/m0/s1. The molecule has 0 spiro atoms.